The number of carbonyl (C=O) groups excluding carboxylic acids is 1. The number of halogens is 1. The largest absolute Gasteiger partial charge is 0.496 e. The number of piperidine rings is 1. The number of carbonyl (C=O) groups is 1. The molecule has 150 valence electrons. The Balaban J connectivity index is 1.55. The second-order valence-corrected chi connectivity index (χ2v) is 7.31. The highest BCUT2D eigenvalue weighted by Crippen LogP contribution is 2.33. The molecule has 7 heteroatoms. The molecule has 3 aromatic rings. The average Bonchev–Trinajstić information content (AvgIpc) is 3.24. The van der Waals surface area contributed by atoms with Crippen molar-refractivity contribution < 1.29 is 13.9 Å². The van der Waals surface area contributed by atoms with Crippen LogP contribution in [0.25, 0.3) is 11.3 Å². The third-order valence-electron chi connectivity index (χ3n) is 5.04. The van der Waals surface area contributed by atoms with Gasteiger partial charge in [0.05, 0.1) is 23.4 Å². The van der Waals surface area contributed by atoms with E-state index >= 15 is 0 Å². The SMILES string of the molecule is COc1ccccc1-c1ocnc1C(=O)Nc1ccc(N2CCCCC2)c(Cl)c1. The summed E-state index contributed by atoms with van der Waals surface area (Å²) < 4.78 is 10.9. The van der Waals surface area contributed by atoms with Crippen molar-refractivity contribution in [1.29, 1.82) is 0 Å². The maximum absolute atomic E-state index is 12.8. The Kier molecular flexibility index (Phi) is 5.71. The maximum Gasteiger partial charge on any atom is 0.278 e. The van der Waals surface area contributed by atoms with E-state index in [0.717, 1.165) is 18.8 Å². The number of hydrogen-bond donors (Lipinski definition) is 1. The van der Waals surface area contributed by atoms with Crippen LogP contribution in [0.2, 0.25) is 5.02 Å². The Morgan fingerprint density at radius 2 is 1.97 bits per heavy atom. The predicted octanol–water partition coefficient (Wildman–Crippen LogP) is 5.25. The number of ether oxygens (including phenoxy) is 1. The molecule has 0 unspecified atom stereocenters. The average molecular weight is 412 g/mol. The van der Waals surface area contributed by atoms with E-state index in [-0.39, 0.29) is 11.6 Å². The third-order valence-corrected chi connectivity index (χ3v) is 5.34. The fraction of sp³-hybridized carbons (Fsp3) is 0.273. The van der Waals surface area contributed by atoms with Crippen LogP contribution in [-0.2, 0) is 0 Å². The van der Waals surface area contributed by atoms with Gasteiger partial charge in [-0.25, -0.2) is 4.98 Å². The van der Waals surface area contributed by atoms with E-state index < -0.39 is 0 Å². The Hall–Kier alpha value is -2.99. The first-order valence-electron chi connectivity index (χ1n) is 9.60. The predicted molar refractivity (Wildman–Crippen MR) is 114 cm³/mol. The van der Waals surface area contributed by atoms with Gasteiger partial charge in [-0.3, -0.25) is 4.79 Å². The quantitative estimate of drug-likeness (QED) is 0.621. The summed E-state index contributed by atoms with van der Waals surface area (Å²) in [4.78, 5) is 19.2. The summed E-state index contributed by atoms with van der Waals surface area (Å²) in [5.74, 6) is 0.588. The second kappa shape index (κ2) is 8.57. The van der Waals surface area contributed by atoms with Crippen LogP contribution in [0.4, 0.5) is 11.4 Å². The molecular formula is C22H22ClN3O3. The van der Waals surface area contributed by atoms with Crippen LogP contribution in [0.1, 0.15) is 29.8 Å². The number of aromatic nitrogens is 1. The van der Waals surface area contributed by atoms with E-state index in [4.69, 9.17) is 20.8 Å². The van der Waals surface area contributed by atoms with Crippen molar-refractivity contribution in [2.75, 3.05) is 30.4 Å². The minimum absolute atomic E-state index is 0.186. The number of nitrogens with one attached hydrogen (secondary N) is 1. The van der Waals surface area contributed by atoms with Gasteiger partial charge in [-0.2, -0.15) is 0 Å². The van der Waals surface area contributed by atoms with E-state index in [1.54, 1.807) is 19.2 Å². The molecule has 1 N–H and O–H groups in total. The van der Waals surface area contributed by atoms with Crippen LogP contribution in [-0.4, -0.2) is 31.1 Å². The molecule has 0 spiro atoms. The number of nitrogens with zero attached hydrogens (tertiary/aromatic N) is 2. The van der Waals surface area contributed by atoms with Crippen LogP contribution in [0.15, 0.2) is 53.3 Å². The Morgan fingerprint density at radius 1 is 1.17 bits per heavy atom. The summed E-state index contributed by atoms with van der Waals surface area (Å²) in [5.41, 5.74) is 2.46. The van der Waals surface area contributed by atoms with Gasteiger partial charge in [0.15, 0.2) is 17.8 Å². The lowest BCUT2D eigenvalue weighted by molar-refractivity contribution is 0.102. The van der Waals surface area contributed by atoms with Crippen molar-refractivity contribution in [2.45, 2.75) is 19.3 Å². The van der Waals surface area contributed by atoms with E-state index in [1.165, 1.54) is 25.7 Å². The zero-order chi connectivity index (χ0) is 20.2. The molecule has 2 heterocycles. The van der Waals surface area contributed by atoms with Gasteiger partial charge < -0.3 is 19.4 Å². The van der Waals surface area contributed by atoms with Gasteiger partial charge in [-0.1, -0.05) is 23.7 Å². The number of benzene rings is 2. The topological polar surface area (TPSA) is 67.6 Å². The first-order valence-corrected chi connectivity index (χ1v) is 9.98. The highest BCUT2D eigenvalue weighted by atomic mass is 35.5. The molecule has 0 aliphatic carbocycles. The lowest BCUT2D eigenvalue weighted by atomic mass is 10.1. The summed E-state index contributed by atoms with van der Waals surface area (Å²) in [7, 11) is 1.57. The minimum Gasteiger partial charge on any atom is -0.496 e. The Morgan fingerprint density at radius 3 is 2.72 bits per heavy atom. The number of anilines is 2. The van der Waals surface area contributed by atoms with Crippen molar-refractivity contribution in [2.24, 2.45) is 0 Å². The summed E-state index contributed by atoms with van der Waals surface area (Å²) in [5, 5.41) is 3.48. The van der Waals surface area contributed by atoms with Gasteiger partial charge in [-0.05, 0) is 49.6 Å². The molecule has 2 aromatic carbocycles. The first kappa shape index (κ1) is 19.3. The van der Waals surface area contributed by atoms with Crippen molar-refractivity contribution in [3.8, 4) is 17.1 Å². The van der Waals surface area contributed by atoms with E-state index in [0.29, 0.717) is 27.8 Å². The molecular weight excluding hydrogens is 390 g/mol. The number of oxazole rings is 1. The van der Waals surface area contributed by atoms with E-state index in [1.807, 2.05) is 30.3 Å². The van der Waals surface area contributed by atoms with Crippen LogP contribution in [0, 0.1) is 0 Å². The molecule has 0 radical (unpaired) electrons. The molecule has 1 aliphatic heterocycles. The summed E-state index contributed by atoms with van der Waals surface area (Å²) in [6, 6.07) is 12.9. The smallest absolute Gasteiger partial charge is 0.278 e. The normalized spacial score (nSPS) is 13.9. The zero-order valence-corrected chi connectivity index (χ0v) is 16.9. The second-order valence-electron chi connectivity index (χ2n) is 6.90. The molecule has 1 aromatic heterocycles. The maximum atomic E-state index is 12.8. The van der Waals surface area contributed by atoms with Gasteiger partial charge >= 0.3 is 0 Å². The number of para-hydroxylation sites is 1. The molecule has 1 aliphatic rings. The fourth-order valence-corrected chi connectivity index (χ4v) is 3.90. The van der Waals surface area contributed by atoms with Crippen molar-refractivity contribution >= 4 is 28.9 Å². The molecule has 1 saturated heterocycles. The van der Waals surface area contributed by atoms with Crippen LogP contribution >= 0.6 is 11.6 Å². The number of hydrogen-bond acceptors (Lipinski definition) is 5. The van der Waals surface area contributed by atoms with E-state index in [9.17, 15) is 4.79 Å². The number of amides is 1. The van der Waals surface area contributed by atoms with Crippen LogP contribution < -0.4 is 15.0 Å². The van der Waals surface area contributed by atoms with Crippen molar-refractivity contribution in [3.63, 3.8) is 0 Å². The van der Waals surface area contributed by atoms with Crippen LogP contribution in [0.5, 0.6) is 5.75 Å². The molecule has 6 nitrogen and oxygen atoms in total. The van der Waals surface area contributed by atoms with Crippen molar-refractivity contribution in [3.05, 3.63) is 59.6 Å². The minimum atomic E-state index is -0.374. The first-order chi connectivity index (χ1) is 14.2. The molecule has 0 atom stereocenters. The van der Waals surface area contributed by atoms with Gasteiger partial charge in [-0.15, -0.1) is 0 Å². The standard InChI is InChI=1S/C22H22ClN3O3/c1-28-19-8-4-3-7-16(19)21-20(24-14-29-21)22(27)25-15-9-10-18(17(23)13-15)26-11-5-2-6-12-26/h3-4,7-10,13-14H,2,5-6,11-12H2,1H3,(H,25,27). The lowest BCUT2D eigenvalue weighted by Gasteiger charge is -2.29. The molecule has 1 fully saturated rings. The Bertz CT molecular complexity index is 1010. The van der Waals surface area contributed by atoms with E-state index in [2.05, 4.69) is 15.2 Å². The monoisotopic (exact) mass is 411 g/mol. The highest BCUT2D eigenvalue weighted by Gasteiger charge is 2.21. The summed E-state index contributed by atoms with van der Waals surface area (Å²) >= 11 is 6.49. The van der Waals surface area contributed by atoms with Crippen LogP contribution in [0.3, 0.4) is 0 Å². The summed E-state index contributed by atoms with van der Waals surface area (Å²) in [6.45, 7) is 2.01. The molecule has 0 bridgehead atoms. The fourth-order valence-electron chi connectivity index (χ4n) is 3.60. The molecule has 29 heavy (non-hydrogen) atoms. The van der Waals surface area contributed by atoms with Gasteiger partial charge in [0.25, 0.3) is 5.91 Å². The highest BCUT2D eigenvalue weighted by molar-refractivity contribution is 6.33. The molecule has 4 rings (SSSR count). The van der Waals surface area contributed by atoms with Gasteiger partial charge in [0.2, 0.25) is 0 Å². The lowest BCUT2D eigenvalue weighted by Crippen LogP contribution is -2.29. The Labute approximate surface area is 174 Å². The van der Waals surface area contributed by atoms with Gasteiger partial charge in [0, 0.05) is 18.8 Å². The molecule has 1 amide bonds. The molecule has 0 saturated carbocycles. The number of methoxy groups -OCH3 is 1. The third kappa shape index (κ3) is 4.07. The number of rotatable bonds is 5. The summed E-state index contributed by atoms with van der Waals surface area (Å²) in [6.07, 6.45) is 4.86. The zero-order valence-electron chi connectivity index (χ0n) is 16.2. The van der Waals surface area contributed by atoms with Crippen molar-refractivity contribution in [1.82, 2.24) is 4.98 Å². The van der Waals surface area contributed by atoms with Gasteiger partial charge in [0.1, 0.15) is 5.75 Å².